The van der Waals surface area contributed by atoms with Crippen molar-refractivity contribution in [3.8, 4) is 0 Å². The zero-order chi connectivity index (χ0) is 8.97. The van der Waals surface area contributed by atoms with Gasteiger partial charge in [-0.2, -0.15) is 0 Å². The summed E-state index contributed by atoms with van der Waals surface area (Å²) in [6.07, 6.45) is 1.86. The van der Waals surface area contributed by atoms with Crippen molar-refractivity contribution < 1.29 is 0 Å². The molecule has 12 heavy (non-hydrogen) atoms. The van der Waals surface area contributed by atoms with E-state index in [2.05, 4.69) is 35.2 Å². The summed E-state index contributed by atoms with van der Waals surface area (Å²) in [4.78, 5) is 0. The van der Waals surface area contributed by atoms with E-state index in [-0.39, 0.29) is 0 Å². The van der Waals surface area contributed by atoms with Crippen LogP contribution in [0.5, 0.6) is 0 Å². The van der Waals surface area contributed by atoms with Gasteiger partial charge in [-0.05, 0) is 16.0 Å². The molecule has 0 atom stereocenters. The fourth-order valence-corrected chi connectivity index (χ4v) is 1.60. The van der Waals surface area contributed by atoms with E-state index >= 15 is 0 Å². The van der Waals surface area contributed by atoms with Crippen LogP contribution in [0.3, 0.4) is 0 Å². The van der Waals surface area contributed by atoms with Crippen LogP contribution in [0.15, 0.2) is 36.9 Å². The second kappa shape index (κ2) is 4.27. The van der Waals surface area contributed by atoms with Gasteiger partial charge in [0.05, 0.1) is 0 Å². The smallest absolute Gasteiger partial charge is 0.0288 e. The highest BCUT2D eigenvalue weighted by Gasteiger charge is 1.89. The lowest BCUT2D eigenvalue weighted by Crippen LogP contribution is -2.24. The summed E-state index contributed by atoms with van der Waals surface area (Å²) in [5.41, 5.74) is 1.18. The third-order valence-electron chi connectivity index (χ3n) is 1.75. The third-order valence-corrected chi connectivity index (χ3v) is 2.36. The molecule has 0 bridgehead atoms. The van der Waals surface area contributed by atoms with Gasteiger partial charge in [0.2, 0.25) is 0 Å². The maximum atomic E-state index is 3.95. The first-order valence-electron chi connectivity index (χ1n) is 3.75. The molecule has 0 aliphatic rings. The minimum Gasteiger partial charge on any atom is -0.0987 e. The molecule has 0 aliphatic heterocycles. The summed E-state index contributed by atoms with van der Waals surface area (Å²) in [6, 6.07) is 8.05. The van der Waals surface area contributed by atoms with Crippen LogP contribution < -0.4 is 10.4 Å². The molecule has 0 N–H and O–H groups in total. The summed E-state index contributed by atoms with van der Waals surface area (Å²) in [5.74, 6) is 0. The number of benzene rings is 1. The highest BCUT2D eigenvalue weighted by atomic mass is 79.9. The molecule has 0 amide bonds. The van der Waals surface area contributed by atoms with E-state index < -0.39 is 0 Å². The second-order valence-electron chi connectivity index (χ2n) is 2.52. The summed E-state index contributed by atoms with van der Waals surface area (Å²) < 4.78 is 0. The predicted octanol–water partition coefficient (Wildman–Crippen LogP) is 1.83. The summed E-state index contributed by atoms with van der Waals surface area (Å²) in [7, 11) is 0. The predicted molar refractivity (Wildman–Crippen MR) is 58.6 cm³/mol. The molecule has 0 unspecified atom stereocenters. The fourth-order valence-electron chi connectivity index (χ4n) is 1.07. The molecule has 0 spiro atoms. The van der Waals surface area contributed by atoms with E-state index in [4.69, 9.17) is 0 Å². The Balaban J connectivity index is 3.53. The monoisotopic (exact) mass is 222 g/mol. The molecule has 1 aromatic carbocycles. The van der Waals surface area contributed by atoms with Gasteiger partial charge in [0.15, 0.2) is 0 Å². The van der Waals surface area contributed by atoms with Crippen molar-refractivity contribution in [1.29, 1.82) is 0 Å². The lowest BCUT2D eigenvalue weighted by molar-refractivity contribution is 1.49. The van der Waals surface area contributed by atoms with Crippen molar-refractivity contribution in [2.45, 2.75) is 0 Å². The first-order valence-corrected chi connectivity index (χ1v) is 4.87. The summed E-state index contributed by atoms with van der Waals surface area (Å²) >= 11 is 3.41. The van der Waals surface area contributed by atoms with Crippen LogP contribution in [0.25, 0.3) is 12.2 Å². The number of rotatable bonds is 2. The van der Waals surface area contributed by atoms with Gasteiger partial charge >= 0.3 is 0 Å². The molecule has 0 nitrogen and oxygen atoms in total. The molecular weight excluding hydrogens is 212 g/mol. The lowest BCUT2D eigenvalue weighted by Gasteiger charge is -1.95. The van der Waals surface area contributed by atoms with E-state index in [1.165, 1.54) is 10.8 Å². The normalized spacial score (nSPS) is 12.4. The zero-order valence-corrected chi connectivity index (χ0v) is 8.47. The Morgan fingerprint density at radius 2 is 2.08 bits per heavy atom. The number of hydrogen-bond acceptors (Lipinski definition) is 0. The average Bonchev–Trinajstić information content (AvgIpc) is 2.10. The molecule has 62 valence electrons. The highest BCUT2D eigenvalue weighted by molar-refractivity contribution is 9.09. The molecule has 0 aromatic heterocycles. The Bertz CT molecular complexity index is 376. The maximum Gasteiger partial charge on any atom is 0.0288 e. The van der Waals surface area contributed by atoms with Crippen LogP contribution in [-0.2, 0) is 0 Å². The Morgan fingerprint density at radius 1 is 1.42 bits per heavy atom. The molecule has 0 radical (unpaired) electrons. The van der Waals surface area contributed by atoms with Crippen molar-refractivity contribution in [2.75, 3.05) is 5.33 Å². The van der Waals surface area contributed by atoms with Crippen LogP contribution in [0, 0.1) is 0 Å². The van der Waals surface area contributed by atoms with Crippen LogP contribution in [0.2, 0.25) is 0 Å². The van der Waals surface area contributed by atoms with Gasteiger partial charge in [0.25, 0.3) is 0 Å². The zero-order valence-electron chi connectivity index (χ0n) is 6.89. The second-order valence-corrected chi connectivity index (χ2v) is 3.08. The Kier molecular flexibility index (Phi) is 3.30. The van der Waals surface area contributed by atoms with Gasteiger partial charge in [0.1, 0.15) is 0 Å². The molecule has 0 heterocycles. The minimum atomic E-state index is 0.822. The van der Waals surface area contributed by atoms with E-state index in [0.717, 1.165) is 10.5 Å². The van der Waals surface area contributed by atoms with E-state index in [1.54, 1.807) is 0 Å². The van der Waals surface area contributed by atoms with E-state index in [0.29, 0.717) is 0 Å². The van der Waals surface area contributed by atoms with Crippen molar-refractivity contribution in [3.05, 3.63) is 47.4 Å². The fraction of sp³-hybridized carbons (Fsp3) is 0.0909. The number of allylic oxidation sites excluding steroid dienone is 1. The Hall–Kier alpha value is -0.820. The topological polar surface area (TPSA) is 0 Å². The van der Waals surface area contributed by atoms with Crippen LogP contribution in [0.1, 0.15) is 0 Å². The van der Waals surface area contributed by atoms with Gasteiger partial charge in [0, 0.05) is 5.33 Å². The number of halogens is 1. The SMILES string of the molecule is C=C/C(CBr)=c1/ccccc1=C. The number of hydrogen-bond donors (Lipinski definition) is 0. The molecule has 0 fully saturated rings. The van der Waals surface area contributed by atoms with Gasteiger partial charge in [-0.3, -0.25) is 0 Å². The first-order chi connectivity index (χ1) is 5.79. The quantitative estimate of drug-likeness (QED) is 0.671. The minimum absolute atomic E-state index is 0.822. The third kappa shape index (κ3) is 1.86. The molecule has 0 aliphatic carbocycles. The molecule has 1 rings (SSSR count). The standard InChI is InChI=1S/C11H11Br/c1-3-10(8-12)11-7-5-4-6-9(11)2/h3-7H,1-2,8H2/b11-10+. The van der Waals surface area contributed by atoms with Crippen molar-refractivity contribution in [2.24, 2.45) is 0 Å². The van der Waals surface area contributed by atoms with Crippen LogP contribution >= 0.6 is 15.9 Å². The van der Waals surface area contributed by atoms with Gasteiger partial charge in [-0.15, -0.1) is 0 Å². The number of alkyl halides is 1. The first kappa shape index (κ1) is 9.27. The summed E-state index contributed by atoms with van der Waals surface area (Å²) in [5, 5.41) is 3.04. The van der Waals surface area contributed by atoms with Gasteiger partial charge in [-0.1, -0.05) is 59.4 Å². The molecule has 0 saturated heterocycles. The maximum absolute atomic E-state index is 3.95. The largest absolute Gasteiger partial charge is 0.0987 e. The van der Waals surface area contributed by atoms with Gasteiger partial charge < -0.3 is 0 Å². The van der Waals surface area contributed by atoms with Crippen LogP contribution in [0.4, 0.5) is 0 Å². The Labute approximate surface area is 81.1 Å². The van der Waals surface area contributed by atoms with E-state index in [9.17, 15) is 0 Å². The summed E-state index contributed by atoms with van der Waals surface area (Å²) in [6.45, 7) is 7.70. The van der Waals surface area contributed by atoms with Crippen LogP contribution in [-0.4, -0.2) is 5.33 Å². The molecule has 1 aromatic rings. The highest BCUT2D eigenvalue weighted by Crippen LogP contribution is 1.97. The van der Waals surface area contributed by atoms with E-state index in [1.807, 2.05) is 24.3 Å². The average molecular weight is 223 g/mol. The van der Waals surface area contributed by atoms with Crippen molar-refractivity contribution >= 4 is 28.1 Å². The molecule has 0 saturated carbocycles. The molecular formula is C11H11Br. The van der Waals surface area contributed by atoms with Gasteiger partial charge in [-0.25, -0.2) is 0 Å². The molecule has 1 heteroatoms. The van der Waals surface area contributed by atoms with Crippen molar-refractivity contribution in [1.82, 2.24) is 0 Å². The Morgan fingerprint density at radius 3 is 2.58 bits per heavy atom. The van der Waals surface area contributed by atoms with Crippen molar-refractivity contribution in [3.63, 3.8) is 0 Å². The lowest BCUT2D eigenvalue weighted by atomic mass is 10.1.